The molecule has 1 amide bonds. The van der Waals surface area contributed by atoms with E-state index in [-0.39, 0.29) is 18.4 Å². The van der Waals surface area contributed by atoms with E-state index < -0.39 is 11.9 Å². The lowest BCUT2D eigenvalue weighted by atomic mass is 9.86. The van der Waals surface area contributed by atoms with Crippen LogP contribution in [0.4, 0.5) is 0 Å². The van der Waals surface area contributed by atoms with Crippen LogP contribution in [0.1, 0.15) is 33.2 Å². The van der Waals surface area contributed by atoms with E-state index in [9.17, 15) is 14.7 Å². The second-order valence-corrected chi connectivity index (χ2v) is 6.28. The van der Waals surface area contributed by atoms with Crippen molar-refractivity contribution in [1.82, 2.24) is 9.88 Å². The number of aliphatic carboxylic acids is 1. The number of aromatic nitrogens is 1. The minimum atomic E-state index is -0.865. The van der Waals surface area contributed by atoms with E-state index in [1.807, 2.05) is 44.2 Å². The SMILES string of the molecule is Cc1cccc(C(=O)N2C[C@@H](C(=O)O)[C@H](c3ccccc3C)C2)n1. The van der Waals surface area contributed by atoms with E-state index in [4.69, 9.17) is 0 Å². The van der Waals surface area contributed by atoms with Crippen molar-refractivity contribution in [3.63, 3.8) is 0 Å². The van der Waals surface area contributed by atoms with Crippen molar-refractivity contribution < 1.29 is 14.7 Å². The van der Waals surface area contributed by atoms with Gasteiger partial charge < -0.3 is 10.0 Å². The second-order valence-electron chi connectivity index (χ2n) is 6.28. The minimum absolute atomic E-state index is 0.197. The van der Waals surface area contributed by atoms with Gasteiger partial charge in [-0.25, -0.2) is 4.98 Å². The summed E-state index contributed by atoms with van der Waals surface area (Å²) in [5.41, 5.74) is 3.18. The Morgan fingerprint density at radius 2 is 1.83 bits per heavy atom. The van der Waals surface area contributed by atoms with Crippen LogP contribution in [0.15, 0.2) is 42.5 Å². The van der Waals surface area contributed by atoms with Gasteiger partial charge in [0.15, 0.2) is 0 Å². The van der Waals surface area contributed by atoms with Crippen LogP contribution in [0.2, 0.25) is 0 Å². The number of rotatable bonds is 3. The van der Waals surface area contributed by atoms with Gasteiger partial charge in [-0.2, -0.15) is 0 Å². The van der Waals surface area contributed by atoms with Crippen LogP contribution in [-0.4, -0.2) is 40.0 Å². The average molecular weight is 324 g/mol. The molecule has 3 rings (SSSR count). The fourth-order valence-corrected chi connectivity index (χ4v) is 3.36. The molecule has 1 aliphatic rings. The quantitative estimate of drug-likeness (QED) is 0.942. The molecule has 124 valence electrons. The lowest BCUT2D eigenvalue weighted by Crippen LogP contribution is -2.30. The van der Waals surface area contributed by atoms with Crippen LogP contribution >= 0.6 is 0 Å². The zero-order valence-corrected chi connectivity index (χ0v) is 13.8. The van der Waals surface area contributed by atoms with Crippen molar-refractivity contribution >= 4 is 11.9 Å². The molecule has 5 heteroatoms. The molecule has 24 heavy (non-hydrogen) atoms. The van der Waals surface area contributed by atoms with Gasteiger partial charge in [-0.3, -0.25) is 9.59 Å². The Kier molecular flexibility index (Phi) is 4.34. The summed E-state index contributed by atoms with van der Waals surface area (Å²) >= 11 is 0. The van der Waals surface area contributed by atoms with Gasteiger partial charge in [0, 0.05) is 24.7 Å². The number of likely N-dealkylation sites (tertiary alicyclic amines) is 1. The maximum Gasteiger partial charge on any atom is 0.308 e. The summed E-state index contributed by atoms with van der Waals surface area (Å²) in [4.78, 5) is 30.3. The maximum atomic E-state index is 12.7. The highest BCUT2D eigenvalue weighted by atomic mass is 16.4. The molecule has 2 aromatic rings. The number of nitrogens with zero attached hydrogens (tertiary/aromatic N) is 2. The van der Waals surface area contributed by atoms with Gasteiger partial charge >= 0.3 is 5.97 Å². The lowest BCUT2D eigenvalue weighted by molar-refractivity contribution is -0.141. The normalized spacial score (nSPS) is 20.2. The molecular formula is C19H20N2O3. The summed E-state index contributed by atoms with van der Waals surface area (Å²) in [6.07, 6.45) is 0. The Bertz CT molecular complexity index is 788. The summed E-state index contributed by atoms with van der Waals surface area (Å²) in [6, 6.07) is 13.1. The van der Waals surface area contributed by atoms with Crippen molar-refractivity contribution in [1.29, 1.82) is 0 Å². The van der Waals surface area contributed by atoms with Gasteiger partial charge in [0.05, 0.1) is 5.92 Å². The number of amides is 1. The van der Waals surface area contributed by atoms with Gasteiger partial charge in [0.25, 0.3) is 5.91 Å². The molecular weight excluding hydrogens is 304 g/mol. The Labute approximate surface area is 140 Å². The van der Waals surface area contributed by atoms with Crippen LogP contribution in [0.25, 0.3) is 0 Å². The summed E-state index contributed by atoms with van der Waals surface area (Å²) in [6.45, 7) is 4.41. The average Bonchev–Trinajstić information content (AvgIpc) is 3.00. The summed E-state index contributed by atoms with van der Waals surface area (Å²) in [5, 5.41) is 9.60. The molecule has 1 aromatic carbocycles. The third-order valence-corrected chi connectivity index (χ3v) is 4.62. The fraction of sp³-hybridized carbons (Fsp3) is 0.316. The van der Waals surface area contributed by atoms with Crippen molar-refractivity contribution in [3.8, 4) is 0 Å². The smallest absolute Gasteiger partial charge is 0.308 e. The van der Waals surface area contributed by atoms with E-state index >= 15 is 0 Å². The molecule has 0 bridgehead atoms. The number of carbonyl (C=O) groups is 2. The lowest BCUT2D eigenvalue weighted by Gasteiger charge is -2.18. The molecule has 1 aromatic heterocycles. The third-order valence-electron chi connectivity index (χ3n) is 4.62. The van der Waals surface area contributed by atoms with E-state index in [1.165, 1.54) is 0 Å². The predicted octanol–water partition coefficient (Wildman–Crippen LogP) is 2.64. The van der Waals surface area contributed by atoms with Gasteiger partial charge in [-0.1, -0.05) is 30.3 Å². The highest BCUT2D eigenvalue weighted by molar-refractivity contribution is 5.93. The van der Waals surface area contributed by atoms with Crippen molar-refractivity contribution in [2.45, 2.75) is 19.8 Å². The maximum absolute atomic E-state index is 12.7. The molecule has 2 atom stereocenters. The molecule has 1 aliphatic heterocycles. The second kappa shape index (κ2) is 6.43. The van der Waals surface area contributed by atoms with Crippen molar-refractivity contribution in [3.05, 3.63) is 65.0 Å². The zero-order valence-electron chi connectivity index (χ0n) is 13.8. The number of benzene rings is 1. The molecule has 1 saturated heterocycles. The molecule has 0 unspecified atom stereocenters. The number of carboxylic acid groups (broad SMARTS) is 1. The van der Waals surface area contributed by atoms with Crippen LogP contribution < -0.4 is 0 Å². The number of pyridine rings is 1. The molecule has 5 nitrogen and oxygen atoms in total. The number of carboxylic acids is 1. The fourth-order valence-electron chi connectivity index (χ4n) is 3.36. The Balaban J connectivity index is 1.89. The van der Waals surface area contributed by atoms with Gasteiger partial charge in [-0.15, -0.1) is 0 Å². The standard InChI is InChI=1S/C19H20N2O3/c1-12-6-3-4-8-14(12)15-10-21(11-16(15)19(23)24)18(22)17-9-5-7-13(2)20-17/h3-9,15-16H,10-11H2,1-2H3,(H,23,24)/t15-,16+/m0/s1. The monoisotopic (exact) mass is 324 g/mol. The summed E-state index contributed by atoms with van der Waals surface area (Å²) in [7, 11) is 0. The number of hydrogen-bond donors (Lipinski definition) is 1. The number of hydrogen-bond acceptors (Lipinski definition) is 3. The molecule has 0 saturated carbocycles. The number of aryl methyl sites for hydroxylation is 2. The molecule has 0 spiro atoms. The van der Waals surface area contributed by atoms with Crippen molar-refractivity contribution in [2.75, 3.05) is 13.1 Å². The van der Waals surface area contributed by atoms with E-state index in [1.54, 1.807) is 17.0 Å². The Hall–Kier alpha value is -2.69. The van der Waals surface area contributed by atoms with Gasteiger partial charge in [-0.05, 0) is 37.1 Å². The largest absolute Gasteiger partial charge is 0.481 e. The summed E-state index contributed by atoms with van der Waals surface area (Å²) < 4.78 is 0. The first kappa shape index (κ1) is 16.2. The van der Waals surface area contributed by atoms with Crippen molar-refractivity contribution in [2.24, 2.45) is 5.92 Å². The zero-order chi connectivity index (χ0) is 17.3. The molecule has 0 radical (unpaired) electrons. The third kappa shape index (κ3) is 3.02. The van der Waals surface area contributed by atoms with Crippen LogP contribution in [0.3, 0.4) is 0 Å². The first-order valence-corrected chi connectivity index (χ1v) is 7.98. The van der Waals surface area contributed by atoms with Gasteiger partial charge in [0.1, 0.15) is 5.69 Å². The van der Waals surface area contributed by atoms with Crippen LogP contribution in [0, 0.1) is 19.8 Å². The number of carbonyl (C=O) groups excluding carboxylic acids is 1. The van der Waals surface area contributed by atoms with Crippen LogP contribution in [0.5, 0.6) is 0 Å². The van der Waals surface area contributed by atoms with E-state index in [0.717, 1.165) is 16.8 Å². The van der Waals surface area contributed by atoms with E-state index in [0.29, 0.717) is 12.2 Å². The minimum Gasteiger partial charge on any atom is -0.481 e. The van der Waals surface area contributed by atoms with Gasteiger partial charge in [0.2, 0.25) is 0 Å². The Morgan fingerprint density at radius 3 is 2.50 bits per heavy atom. The Morgan fingerprint density at radius 1 is 1.08 bits per heavy atom. The summed E-state index contributed by atoms with van der Waals surface area (Å²) in [5.74, 6) is -1.87. The van der Waals surface area contributed by atoms with E-state index in [2.05, 4.69) is 4.98 Å². The topological polar surface area (TPSA) is 70.5 Å². The molecule has 1 N–H and O–H groups in total. The highest BCUT2D eigenvalue weighted by Crippen LogP contribution is 2.35. The van der Waals surface area contributed by atoms with Crippen LogP contribution in [-0.2, 0) is 4.79 Å². The predicted molar refractivity (Wildman–Crippen MR) is 89.9 cm³/mol. The first-order valence-electron chi connectivity index (χ1n) is 7.98. The molecule has 0 aliphatic carbocycles. The molecule has 1 fully saturated rings. The first-order chi connectivity index (χ1) is 11.5. The molecule has 2 heterocycles. The highest BCUT2D eigenvalue weighted by Gasteiger charge is 2.41.